The maximum Gasteiger partial charge on any atom is 0.337 e. The van der Waals surface area contributed by atoms with Gasteiger partial charge in [0.25, 0.3) is 11.5 Å². The van der Waals surface area contributed by atoms with E-state index < -0.39 is 23.3 Å². The third-order valence-electron chi connectivity index (χ3n) is 2.52. The lowest BCUT2D eigenvalue weighted by molar-refractivity contribution is 0.0698. The van der Waals surface area contributed by atoms with Crippen molar-refractivity contribution in [2.45, 2.75) is 0 Å². The second-order valence-electron chi connectivity index (χ2n) is 3.86. The molecule has 0 spiro atoms. The normalized spacial score (nSPS) is 10.1. The Balaban J connectivity index is 2.38. The smallest absolute Gasteiger partial charge is 0.337 e. The van der Waals surface area contributed by atoms with Crippen LogP contribution in [0.4, 0.5) is 10.1 Å². The molecule has 1 amide bonds. The van der Waals surface area contributed by atoms with Crippen molar-refractivity contribution in [1.82, 2.24) is 4.98 Å². The molecule has 2 rings (SSSR count). The lowest BCUT2D eigenvalue weighted by Gasteiger charge is -2.08. The Bertz CT molecular complexity index is 739. The first kappa shape index (κ1) is 13.5. The van der Waals surface area contributed by atoms with Crippen LogP contribution in [0, 0.1) is 5.82 Å². The van der Waals surface area contributed by atoms with Crippen LogP contribution in [0.2, 0.25) is 0 Å². The fourth-order valence-corrected chi connectivity index (χ4v) is 1.60. The maximum absolute atomic E-state index is 13.1. The van der Waals surface area contributed by atoms with Gasteiger partial charge >= 0.3 is 5.97 Å². The molecule has 0 saturated carbocycles. The number of halogens is 1. The van der Waals surface area contributed by atoms with Crippen molar-refractivity contribution in [3.63, 3.8) is 0 Å². The van der Waals surface area contributed by atoms with Crippen LogP contribution in [0.1, 0.15) is 20.7 Å². The molecule has 0 saturated heterocycles. The molecule has 0 aliphatic rings. The van der Waals surface area contributed by atoms with E-state index in [1.807, 2.05) is 0 Å². The van der Waals surface area contributed by atoms with Gasteiger partial charge in [-0.1, -0.05) is 0 Å². The van der Waals surface area contributed by atoms with Crippen molar-refractivity contribution in [3.05, 3.63) is 63.8 Å². The molecule has 6 nitrogen and oxygen atoms in total. The largest absolute Gasteiger partial charge is 0.478 e. The van der Waals surface area contributed by atoms with Gasteiger partial charge in [0.05, 0.1) is 11.3 Å². The van der Waals surface area contributed by atoms with E-state index in [0.29, 0.717) is 0 Å². The van der Waals surface area contributed by atoms with E-state index in [-0.39, 0.29) is 16.8 Å². The van der Waals surface area contributed by atoms with Gasteiger partial charge in [0, 0.05) is 6.20 Å². The van der Waals surface area contributed by atoms with Crippen molar-refractivity contribution in [3.8, 4) is 0 Å². The average Bonchev–Trinajstić information content (AvgIpc) is 2.38. The molecule has 0 unspecified atom stereocenters. The standard InChI is InChI=1S/C13H9FN2O4/c14-7-3-4-8(13(19)20)10(6-7)16-12(18)9-2-1-5-15-11(9)17/h1-6H,(H,15,17)(H,16,18)(H,19,20). The van der Waals surface area contributed by atoms with Crippen LogP contribution in [0.3, 0.4) is 0 Å². The molecular weight excluding hydrogens is 267 g/mol. The summed E-state index contributed by atoms with van der Waals surface area (Å²) in [6, 6.07) is 5.59. The number of carbonyl (C=O) groups is 2. The molecule has 3 N–H and O–H groups in total. The first-order valence-corrected chi connectivity index (χ1v) is 5.51. The predicted molar refractivity (Wildman–Crippen MR) is 68.4 cm³/mol. The zero-order valence-electron chi connectivity index (χ0n) is 10.0. The first-order valence-electron chi connectivity index (χ1n) is 5.51. The molecule has 7 heteroatoms. The highest BCUT2D eigenvalue weighted by atomic mass is 19.1. The minimum absolute atomic E-state index is 0.201. The quantitative estimate of drug-likeness (QED) is 0.790. The molecule has 0 aliphatic heterocycles. The summed E-state index contributed by atoms with van der Waals surface area (Å²) >= 11 is 0. The number of carboxylic acids is 1. The number of H-pyrrole nitrogens is 1. The molecule has 20 heavy (non-hydrogen) atoms. The molecule has 0 radical (unpaired) electrons. The minimum atomic E-state index is -1.32. The number of aromatic carboxylic acids is 1. The van der Waals surface area contributed by atoms with E-state index >= 15 is 0 Å². The molecular formula is C13H9FN2O4. The number of hydrogen-bond acceptors (Lipinski definition) is 3. The summed E-state index contributed by atoms with van der Waals surface area (Å²) in [5.74, 6) is -2.84. The lowest BCUT2D eigenvalue weighted by atomic mass is 10.1. The number of nitrogens with one attached hydrogen (secondary N) is 2. The van der Waals surface area contributed by atoms with Crippen LogP contribution in [-0.4, -0.2) is 22.0 Å². The predicted octanol–water partition coefficient (Wildman–Crippen LogP) is 1.46. The second-order valence-corrected chi connectivity index (χ2v) is 3.86. The van der Waals surface area contributed by atoms with Gasteiger partial charge in [-0.2, -0.15) is 0 Å². The van der Waals surface area contributed by atoms with E-state index in [9.17, 15) is 18.8 Å². The van der Waals surface area contributed by atoms with Gasteiger partial charge in [0.1, 0.15) is 11.4 Å². The van der Waals surface area contributed by atoms with Crippen LogP contribution in [-0.2, 0) is 0 Å². The van der Waals surface area contributed by atoms with Crippen LogP contribution in [0.15, 0.2) is 41.3 Å². The van der Waals surface area contributed by atoms with Crippen molar-refractivity contribution in [2.24, 2.45) is 0 Å². The molecule has 1 aromatic carbocycles. The Morgan fingerprint density at radius 2 is 1.95 bits per heavy atom. The fraction of sp³-hybridized carbons (Fsp3) is 0. The third kappa shape index (κ3) is 2.72. The van der Waals surface area contributed by atoms with Gasteiger partial charge in [-0.05, 0) is 30.3 Å². The summed E-state index contributed by atoms with van der Waals surface area (Å²) in [6.45, 7) is 0. The van der Waals surface area contributed by atoms with E-state index in [2.05, 4.69) is 10.3 Å². The monoisotopic (exact) mass is 276 g/mol. The highest BCUT2D eigenvalue weighted by Crippen LogP contribution is 2.17. The van der Waals surface area contributed by atoms with Crippen LogP contribution in [0.25, 0.3) is 0 Å². The number of hydrogen-bond donors (Lipinski definition) is 3. The molecule has 0 aliphatic carbocycles. The van der Waals surface area contributed by atoms with Crippen molar-refractivity contribution in [1.29, 1.82) is 0 Å². The van der Waals surface area contributed by atoms with E-state index in [4.69, 9.17) is 5.11 Å². The number of anilines is 1. The van der Waals surface area contributed by atoms with Crippen molar-refractivity contribution < 1.29 is 19.1 Å². The number of carbonyl (C=O) groups excluding carboxylic acids is 1. The Morgan fingerprint density at radius 3 is 2.60 bits per heavy atom. The Hall–Kier alpha value is -2.96. The summed E-state index contributed by atoms with van der Waals surface area (Å²) in [6.07, 6.45) is 1.35. The van der Waals surface area contributed by atoms with Crippen LogP contribution >= 0.6 is 0 Å². The van der Waals surface area contributed by atoms with Crippen molar-refractivity contribution >= 4 is 17.6 Å². The van der Waals surface area contributed by atoms with Crippen LogP contribution in [0.5, 0.6) is 0 Å². The Morgan fingerprint density at radius 1 is 1.20 bits per heavy atom. The third-order valence-corrected chi connectivity index (χ3v) is 2.52. The summed E-state index contributed by atoms with van der Waals surface area (Å²) in [5.41, 5.74) is -1.32. The van der Waals surface area contributed by atoms with Crippen molar-refractivity contribution in [2.75, 3.05) is 5.32 Å². The zero-order chi connectivity index (χ0) is 14.7. The number of benzene rings is 1. The van der Waals surface area contributed by atoms with E-state index in [1.165, 1.54) is 18.3 Å². The number of carboxylic acid groups (broad SMARTS) is 1. The molecule has 0 bridgehead atoms. The van der Waals surface area contributed by atoms with Gasteiger partial charge in [0.15, 0.2) is 0 Å². The minimum Gasteiger partial charge on any atom is -0.478 e. The van der Waals surface area contributed by atoms with Crippen LogP contribution < -0.4 is 10.9 Å². The summed E-state index contributed by atoms with van der Waals surface area (Å²) in [5, 5.41) is 11.2. The molecule has 102 valence electrons. The number of pyridine rings is 1. The maximum atomic E-state index is 13.1. The highest BCUT2D eigenvalue weighted by Gasteiger charge is 2.16. The van der Waals surface area contributed by atoms with Gasteiger partial charge in [-0.3, -0.25) is 9.59 Å². The molecule has 0 atom stereocenters. The van der Waals surface area contributed by atoms with Gasteiger partial charge in [0.2, 0.25) is 0 Å². The second kappa shape index (κ2) is 5.35. The first-order chi connectivity index (χ1) is 9.49. The number of amides is 1. The summed E-state index contributed by atoms with van der Waals surface area (Å²) in [4.78, 5) is 36.6. The summed E-state index contributed by atoms with van der Waals surface area (Å²) in [7, 11) is 0. The summed E-state index contributed by atoms with van der Waals surface area (Å²) < 4.78 is 13.1. The van der Waals surface area contributed by atoms with Gasteiger partial charge in [-0.15, -0.1) is 0 Å². The molecule has 1 heterocycles. The Labute approximate surface area is 111 Å². The van der Waals surface area contributed by atoms with E-state index in [1.54, 1.807) is 0 Å². The molecule has 0 fully saturated rings. The Kier molecular flexibility index (Phi) is 3.60. The highest BCUT2D eigenvalue weighted by molar-refractivity contribution is 6.07. The lowest BCUT2D eigenvalue weighted by Crippen LogP contribution is -2.23. The SMILES string of the molecule is O=C(O)c1ccc(F)cc1NC(=O)c1ccc[nH]c1=O. The fourth-order valence-electron chi connectivity index (χ4n) is 1.60. The topological polar surface area (TPSA) is 99.3 Å². The number of rotatable bonds is 3. The number of aromatic amines is 1. The van der Waals surface area contributed by atoms with E-state index in [0.717, 1.165) is 18.2 Å². The average molecular weight is 276 g/mol. The van der Waals surface area contributed by atoms with Gasteiger partial charge in [-0.25, -0.2) is 9.18 Å². The molecule has 2 aromatic rings. The zero-order valence-corrected chi connectivity index (χ0v) is 10.0. The van der Waals surface area contributed by atoms with Gasteiger partial charge < -0.3 is 15.4 Å². The number of aromatic nitrogens is 1. The molecule has 1 aromatic heterocycles.